The molecular formula is C24H23N3O7S2. The topological polar surface area (TPSA) is 136 Å². The molecule has 12 heteroatoms. The van der Waals surface area contributed by atoms with Gasteiger partial charge < -0.3 is 10.1 Å². The quantitative estimate of drug-likeness (QED) is 0.263. The molecule has 0 radical (unpaired) electrons. The van der Waals surface area contributed by atoms with Gasteiger partial charge in [0.1, 0.15) is 11.5 Å². The predicted molar refractivity (Wildman–Crippen MR) is 135 cm³/mol. The Balaban J connectivity index is 1.70. The molecule has 0 saturated carbocycles. The second-order valence-corrected chi connectivity index (χ2v) is 11.0. The van der Waals surface area contributed by atoms with Crippen molar-refractivity contribution in [2.24, 2.45) is 0 Å². The lowest BCUT2D eigenvalue weighted by molar-refractivity contribution is -0.387. The maximum absolute atomic E-state index is 13.6. The van der Waals surface area contributed by atoms with E-state index in [1.807, 2.05) is 0 Å². The molecule has 1 heterocycles. The van der Waals surface area contributed by atoms with E-state index in [1.54, 1.807) is 18.2 Å². The van der Waals surface area contributed by atoms with Gasteiger partial charge in [0.25, 0.3) is 15.7 Å². The molecule has 1 N–H and O–H groups in total. The van der Waals surface area contributed by atoms with Crippen LogP contribution in [0.2, 0.25) is 0 Å². The van der Waals surface area contributed by atoms with Crippen LogP contribution in [0.1, 0.15) is 33.6 Å². The normalized spacial score (nSPS) is 12.9. The molecule has 36 heavy (non-hydrogen) atoms. The van der Waals surface area contributed by atoms with Crippen LogP contribution in [0.25, 0.3) is 0 Å². The molecule has 0 atom stereocenters. The number of hydrogen-bond acceptors (Lipinski definition) is 8. The highest BCUT2D eigenvalue weighted by Gasteiger charge is 2.34. The van der Waals surface area contributed by atoms with Gasteiger partial charge in [-0.1, -0.05) is 30.3 Å². The van der Waals surface area contributed by atoms with Crippen molar-refractivity contribution in [2.45, 2.75) is 30.6 Å². The van der Waals surface area contributed by atoms with E-state index >= 15 is 0 Å². The lowest BCUT2D eigenvalue weighted by Crippen LogP contribution is -2.38. The Morgan fingerprint density at radius 3 is 2.44 bits per heavy atom. The second kappa shape index (κ2) is 10.5. The van der Waals surface area contributed by atoms with Crippen LogP contribution in [0.15, 0.2) is 59.5 Å². The summed E-state index contributed by atoms with van der Waals surface area (Å²) in [6.45, 7) is -0.665. The number of nitro benzene ring substituents is 1. The zero-order valence-electron chi connectivity index (χ0n) is 19.3. The number of thiophene rings is 1. The summed E-state index contributed by atoms with van der Waals surface area (Å²) in [5.74, 6) is -1.28. The van der Waals surface area contributed by atoms with Gasteiger partial charge in [-0.15, -0.1) is 11.3 Å². The number of carbonyl (C=O) groups excluding carboxylic acids is 2. The maximum Gasteiger partial charge on any atom is 0.341 e. The molecule has 1 aliphatic carbocycles. The SMILES string of the molecule is COC(=O)c1c(NC(=O)CN(c2ccccc2)S(=O)(=O)c2ccccc2[N+](=O)[O-])sc2c1CCCC2. The Morgan fingerprint density at radius 1 is 1.08 bits per heavy atom. The van der Waals surface area contributed by atoms with Gasteiger partial charge in [-0.3, -0.25) is 19.2 Å². The molecule has 0 spiro atoms. The van der Waals surface area contributed by atoms with Crippen molar-refractivity contribution in [1.29, 1.82) is 0 Å². The summed E-state index contributed by atoms with van der Waals surface area (Å²) in [6, 6.07) is 12.8. The van der Waals surface area contributed by atoms with Crippen molar-refractivity contribution in [3.05, 3.63) is 80.7 Å². The van der Waals surface area contributed by atoms with Gasteiger partial charge in [-0.05, 0) is 49.4 Å². The molecule has 0 bridgehead atoms. The molecule has 0 saturated heterocycles. The van der Waals surface area contributed by atoms with E-state index in [-0.39, 0.29) is 5.69 Å². The van der Waals surface area contributed by atoms with E-state index in [2.05, 4.69) is 5.32 Å². The smallest absolute Gasteiger partial charge is 0.341 e. The molecule has 0 aliphatic heterocycles. The van der Waals surface area contributed by atoms with E-state index in [9.17, 15) is 28.1 Å². The Morgan fingerprint density at radius 2 is 1.75 bits per heavy atom. The number of amides is 1. The largest absolute Gasteiger partial charge is 0.465 e. The van der Waals surface area contributed by atoms with Crippen molar-refractivity contribution in [1.82, 2.24) is 0 Å². The number of nitro groups is 1. The van der Waals surface area contributed by atoms with Gasteiger partial charge in [-0.2, -0.15) is 0 Å². The number of fused-ring (bicyclic) bond motifs is 1. The number of nitrogens with one attached hydrogen (secondary N) is 1. The average Bonchev–Trinajstić information content (AvgIpc) is 3.24. The molecule has 10 nitrogen and oxygen atoms in total. The number of ether oxygens (including phenoxy) is 1. The standard InChI is InChI=1S/C24H23N3O7S2/c1-34-24(29)22-17-11-5-7-13-19(17)35-23(22)25-21(28)15-26(16-9-3-2-4-10-16)36(32,33)20-14-8-6-12-18(20)27(30)31/h2-4,6,8-10,12,14H,5,7,11,13,15H2,1H3,(H,25,28). The molecule has 0 fully saturated rings. The maximum atomic E-state index is 13.6. The number of carbonyl (C=O) groups is 2. The van der Waals surface area contributed by atoms with Crippen LogP contribution in [0.3, 0.4) is 0 Å². The first-order chi connectivity index (χ1) is 17.2. The molecule has 1 aliphatic rings. The van der Waals surface area contributed by atoms with E-state index in [0.29, 0.717) is 17.0 Å². The summed E-state index contributed by atoms with van der Waals surface area (Å²) in [5, 5.41) is 14.5. The molecule has 188 valence electrons. The summed E-state index contributed by atoms with van der Waals surface area (Å²) in [4.78, 5) is 36.9. The number of hydrogen-bond donors (Lipinski definition) is 1. The first-order valence-electron chi connectivity index (χ1n) is 11.1. The van der Waals surface area contributed by atoms with Gasteiger partial charge in [-0.25, -0.2) is 13.2 Å². The van der Waals surface area contributed by atoms with Gasteiger partial charge in [0.2, 0.25) is 5.91 Å². The third-order valence-electron chi connectivity index (χ3n) is 5.78. The number of anilines is 2. The van der Waals surface area contributed by atoms with E-state index in [1.165, 1.54) is 42.7 Å². The molecule has 2 aromatic carbocycles. The monoisotopic (exact) mass is 529 g/mol. The Bertz CT molecular complexity index is 1420. The molecular weight excluding hydrogens is 506 g/mol. The highest BCUT2D eigenvalue weighted by molar-refractivity contribution is 7.93. The minimum absolute atomic E-state index is 0.157. The van der Waals surface area contributed by atoms with Gasteiger partial charge in [0, 0.05) is 10.9 Å². The van der Waals surface area contributed by atoms with Crippen LogP contribution in [0.5, 0.6) is 0 Å². The lowest BCUT2D eigenvalue weighted by Gasteiger charge is -2.24. The Labute approximate surface area is 211 Å². The minimum Gasteiger partial charge on any atom is -0.465 e. The van der Waals surface area contributed by atoms with Crippen molar-refractivity contribution in [3.8, 4) is 0 Å². The fourth-order valence-corrected chi connectivity index (χ4v) is 7.00. The minimum atomic E-state index is -4.51. The number of sulfonamides is 1. The summed E-state index contributed by atoms with van der Waals surface area (Å²) in [7, 11) is -3.25. The average molecular weight is 530 g/mol. The van der Waals surface area contributed by atoms with Crippen LogP contribution in [0.4, 0.5) is 16.4 Å². The number of rotatable bonds is 8. The Kier molecular flexibility index (Phi) is 7.36. The highest BCUT2D eigenvalue weighted by atomic mass is 32.2. The van der Waals surface area contributed by atoms with E-state index in [0.717, 1.165) is 46.1 Å². The summed E-state index contributed by atoms with van der Waals surface area (Å²) < 4.78 is 32.9. The van der Waals surface area contributed by atoms with E-state index < -0.39 is 44.0 Å². The van der Waals surface area contributed by atoms with Crippen molar-refractivity contribution in [3.63, 3.8) is 0 Å². The second-order valence-electron chi connectivity index (χ2n) is 8.03. The molecule has 3 aromatic rings. The Hall–Kier alpha value is -3.77. The fraction of sp³-hybridized carbons (Fsp3) is 0.250. The predicted octanol–water partition coefficient (Wildman–Crippen LogP) is 4.16. The number of methoxy groups -OCH3 is 1. The fourth-order valence-electron chi connectivity index (χ4n) is 4.12. The van der Waals surface area contributed by atoms with Crippen LogP contribution in [0, 0.1) is 10.1 Å². The summed E-state index contributed by atoms with van der Waals surface area (Å²) >= 11 is 1.28. The molecule has 0 unspecified atom stereocenters. The number of nitrogens with zero attached hydrogens (tertiary/aromatic N) is 2. The first kappa shape index (κ1) is 25.3. The van der Waals surface area contributed by atoms with Crippen LogP contribution in [-0.4, -0.2) is 38.9 Å². The molecule has 4 rings (SSSR count). The van der Waals surface area contributed by atoms with Crippen molar-refractivity contribution >= 4 is 49.6 Å². The van der Waals surface area contributed by atoms with Crippen LogP contribution < -0.4 is 9.62 Å². The zero-order valence-corrected chi connectivity index (χ0v) is 20.9. The van der Waals surface area contributed by atoms with Crippen molar-refractivity contribution in [2.75, 3.05) is 23.3 Å². The van der Waals surface area contributed by atoms with Crippen molar-refractivity contribution < 1.29 is 27.7 Å². The van der Waals surface area contributed by atoms with Gasteiger partial charge in [0.15, 0.2) is 4.90 Å². The van der Waals surface area contributed by atoms with Gasteiger partial charge in [0.05, 0.1) is 23.3 Å². The number of esters is 1. The third kappa shape index (κ3) is 4.95. The molecule has 1 amide bonds. The highest BCUT2D eigenvalue weighted by Crippen LogP contribution is 2.38. The number of para-hydroxylation sites is 2. The lowest BCUT2D eigenvalue weighted by atomic mass is 9.95. The summed E-state index contributed by atoms with van der Waals surface area (Å²) in [5.41, 5.74) is 0.696. The number of aryl methyl sites for hydroxylation is 1. The number of benzene rings is 2. The van der Waals surface area contributed by atoms with Crippen LogP contribution >= 0.6 is 11.3 Å². The zero-order chi connectivity index (χ0) is 25.9. The summed E-state index contributed by atoms with van der Waals surface area (Å²) in [6.07, 6.45) is 3.35. The molecule has 1 aromatic heterocycles. The van der Waals surface area contributed by atoms with Crippen LogP contribution in [-0.2, 0) is 32.4 Å². The first-order valence-corrected chi connectivity index (χ1v) is 13.3. The van der Waals surface area contributed by atoms with Gasteiger partial charge >= 0.3 is 5.97 Å². The third-order valence-corrected chi connectivity index (χ3v) is 8.80. The van der Waals surface area contributed by atoms with E-state index in [4.69, 9.17) is 4.74 Å².